The number of halogens is 3. The maximum Gasteiger partial charge on any atom is 0.418 e. The van der Waals surface area contributed by atoms with Gasteiger partial charge in [-0.15, -0.1) is 0 Å². The van der Waals surface area contributed by atoms with Gasteiger partial charge in [-0.1, -0.05) is 12.1 Å². The van der Waals surface area contributed by atoms with Crippen molar-refractivity contribution in [3.05, 3.63) is 42.2 Å². The van der Waals surface area contributed by atoms with Crippen LogP contribution in [0.3, 0.4) is 0 Å². The van der Waals surface area contributed by atoms with E-state index in [1.165, 1.54) is 42.6 Å². The number of alkyl halides is 3. The van der Waals surface area contributed by atoms with Crippen LogP contribution in [0.2, 0.25) is 0 Å². The van der Waals surface area contributed by atoms with Crippen molar-refractivity contribution in [3.63, 3.8) is 0 Å². The third kappa shape index (κ3) is 4.39. The minimum absolute atomic E-state index is 0.203. The Morgan fingerprint density at radius 3 is 2.63 bits per heavy atom. The molecule has 0 bridgehead atoms. The molecule has 3 rings (SSSR count). The molecule has 27 heavy (non-hydrogen) atoms. The van der Waals surface area contributed by atoms with Gasteiger partial charge in [0.15, 0.2) is 0 Å². The summed E-state index contributed by atoms with van der Waals surface area (Å²) >= 11 is 0. The monoisotopic (exact) mass is 382 g/mol. The summed E-state index contributed by atoms with van der Waals surface area (Å²) < 4.78 is 49.9. The van der Waals surface area contributed by atoms with Gasteiger partial charge in [-0.05, 0) is 12.1 Å². The SMILES string of the molecule is COc1nccnc1OC1CCN(C(=O)Nc2ccccc2C(F)(F)F)C1. The summed E-state index contributed by atoms with van der Waals surface area (Å²) in [6.07, 6.45) is -1.50. The van der Waals surface area contributed by atoms with Crippen LogP contribution < -0.4 is 14.8 Å². The van der Waals surface area contributed by atoms with Crippen molar-refractivity contribution in [3.8, 4) is 11.8 Å². The van der Waals surface area contributed by atoms with Gasteiger partial charge in [0, 0.05) is 25.4 Å². The molecule has 10 heteroatoms. The normalized spacial score (nSPS) is 16.9. The molecule has 2 heterocycles. The smallest absolute Gasteiger partial charge is 0.418 e. The largest absolute Gasteiger partial charge is 0.477 e. The van der Waals surface area contributed by atoms with Gasteiger partial charge < -0.3 is 19.7 Å². The minimum atomic E-state index is -4.55. The van der Waals surface area contributed by atoms with Gasteiger partial charge in [0.1, 0.15) is 6.10 Å². The molecule has 2 amide bonds. The van der Waals surface area contributed by atoms with Crippen LogP contribution in [0.15, 0.2) is 36.7 Å². The molecule has 1 aliphatic rings. The van der Waals surface area contributed by atoms with E-state index in [2.05, 4.69) is 15.3 Å². The molecule has 1 saturated heterocycles. The van der Waals surface area contributed by atoms with Crippen LogP contribution in [0.4, 0.5) is 23.7 Å². The number of ether oxygens (including phenoxy) is 2. The highest BCUT2D eigenvalue weighted by molar-refractivity contribution is 5.90. The van der Waals surface area contributed by atoms with Crippen LogP contribution in [-0.4, -0.2) is 47.2 Å². The maximum absolute atomic E-state index is 13.0. The Morgan fingerprint density at radius 2 is 1.93 bits per heavy atom. The first-order valence-electron chi connectivity index (χ1n) is 8.12. The van der Waals surface area contributed by atoms with Crippen molar-refractivity contribution in [2.45, 2.75) is 18.7 Å². The summed E-state index contributed by atoms with van der Waals surface area (Å²) in [6, 6.07) is 4.22. The van der Waals surface area contributed by atoms with E-state index < -0.39 is 17.8 Å². The molecule has 1 unspecified atom stereocenters. The zero-order chi connectivity index (χ0) is 19.4. The Kier molecular flexibility index (Phi) is 5.33. The molecule has 1 aliphatic heterocycles. The number of aromatic nitrogens is 2. The Balaban J connectivity index is 1.63. The van der Waals surface area contributed by atoms with Gasteiger partial charge >= 0.3 is 12.2 Å². The molecule has 0 aliphatic carbocycles. The third-order valence-electron chi connectivity index (χ3n) is 4.01. The summed E-state index contributed by atoms with van der Waals surface area (Å²) in [6.45, 7) is 0.549. The summed E-state index contributed by atoms with van der Waals surface area (Å²) in [5.74, 6) is 0.425. The summed E-state index contributed by atoms with van der Waals surface area (Å²) in [5, 5.41) is 2.32. The molecule has 1 N–H and O–H groups in total. The van der Waals surface area contributed by atoms with Crippen LogP contribution in [0.25, 0.3) is 0 Å². The lowest BCUT2D eigenvalue weighted by atomic mass is 10.1. The van der Waals surface area contributed by atoms with Crippen LogP contribution in [0.1, 0.15) is 12.0 Å². The van der Waals surface area contributed by atoms with E-state index in [-0.39, 0.29) is 30.1 Å². The minimum Gasteiger partial charge on any atom is -0.477 e. The van der Waals surface area contributed by atoms with Crippen LogP contribution >= 0.6 is 0 Å². The predicted molar refractivity (Wildman–Crippen MR) is 89.7 cm³/mol. The number of rotatable bonds is 4. The van der Waals surface area contributed by atoms with Crippen molar-refractivity contribution in [1.82, 2.24) is 14.9 Å². The molecule has 7 nitrogen and oxygen atoms in total. The number of hydrogen-bond donors (Lipinski definition) is 1. The third-order valence-corrected chi connectivity index (χ3v) is 4.01. The second-order valence-corrected chi connectivity index (χ2v) is 5.82. The molecule has 0 saturated carbocycles. The molecule has 0 radical (unpaired) electrons. The number of methoxy groups -OCH3 is 1. The molecular weight excluding hydrogens is 365 g/mol. The van der Waals surface area contributed by atoms with Crippen LogP contribution in [0, 0.1) is 0 Å². The Labute approximate surface area is 153 Å². The van der Waals surface area contributed by atoms with E-state index in [0.29, 0.717) is 13.0 Å². The second-order valence-electron chi connectivity index (χ2n) is 5.82. The van der Waals surface area contributed by atoms with E-state index in [1.807, 2.05) is 0 Å². The van der Waals surface area contributed by atoms with Crippen LogP contribution in [0.5, 0.6) is 11.8 Å². The zero-order valence-corrected chi connectivity index (χ0v) is 14.4. The zero-order valence-electron chi connectivity index (χ0n) is 14.4. The first-order chi connectivity index (χ1) is 12.9. The molecule has 1 aromatic carbocycles. The second kappa shape index (κ2) is 7.68. The Morgan fingerprint density at radius 1 is 1.22 bits per heavy atom. The van der Waals surface area contributed by atoms with Gasteiger partial charge in [0.25, 0.3) is 11.8 Å². The molecule has 2 aromatic rings. The van der Waals surface area contributed by atoms with E-state index in [0.717, 1.165) is 6.07 Å². The number of nitrogens with one attached hydrogen (secondary N) is 1. The van der Waals surface area contributed by atoms with E-state index in [1.54, 1.807) is 0 Å². The fraction of sp³-hybridized carbons (Fsp3) is 0.353. The Bertz CT molecular complexity index is 816. The fourth-order valence-corrected chi connectivity index (χ4v) is 2.73. The summed E-state index contributed by atoms with van der Waals surface area (Å²) in [7, 11) is 1.43. The number of anilines is 1. The first-order valence-corrected chi connectivity index (χ1v) is 8.12. The van der Waals surface area contributed by atoms with Crippen molar-refractivity contribution in [2.75, 3.05) is 25.5 Å². The van der Waals surface area contributed by atoms with Gasteiger partial charge in [-0.25, -0.2) is 14.8 Å². The lowest BCUT2D eigenvalue weighted by Crippen LogP contribution is -2.35. The highest BCUT2D eigenvalue weighted by atomic mass is 19.4. The van der Waals surface area contributed by atoms with Crippen molar-refractivity contribution < 1.29 is 27.4 Å². The van der Waals surface area contributed by atoms with Gasteiger partial charge in [0.05, 0.1) is 24.9 Å². The number of hydrogen-bond acceptors (Lipinski definition) is 5. The van der Waals surface area contributed by atoms with E-state index in [4.69, 9.17) is 9.47 Å². The van der Waals surface area contributed by atoms with Gasteiger partial charge in [-0.3, -0.25) is 0 Å². The maximum atomic E-state index is 13.0. The number of benzene rings is 1. The molecule has 1 atom stereocenters. The number of para-hydroxylation sites is 1. The first kappa shape index (κ1) is 18.7. The van der Waals surface area contributed by atoms with Crippen molar-refractivity contribution >= 4 is 11.7 Å². The Hall–Kier alpha value is -3.04. The quantitative estimate of drug-likeness (QED) is 0.879. The predicted octanol–water partition coefficient (Wildman–Crippen LogP) is 3.19. The summed E-state index contributed by atoms with van der Waals surface area (Å²) in [5.41, 5.74) is -1.18. The number of likely N-dealkylation sites (tertiary alicyclic amines) is 1. The fourth-order valence-electron chi connectivity index (χ4n) is 2.73. The van der Waals surface area contributed by atoms with Gasteiger partial charge in [-0.2, -0.15) is 13.2 Å². The molecule has 144 valence electrons. The lowest BCUT2D eigenvalue weighted by molar-refractivity contribution is -0.136. The topological polar surface area (TPSA) is 76.6 Å². The number of nitrogens with zero attached hydrogens (tertiary/aromatic N) is 3. The number of carbonyl (C=O) groups excluding carboxylic acids is 1. The van der Waals surface area contributed by atoms with Crippen LogP contribution in [-0.2, 0) is 6.18 Å². The lowest BCUT2D eigenvalue weighted by Gasteiger charge is -2.20. The molecule has 1 aromatic heterocycles. The van der Waals surface area contributed by atoms with E-state index in [9.17, 15) is 18.0 Å². The standard InChI is InChI=1S/C17H17F3N4O3/c1-26-14-15(22-8-7-21-14)27-11-6-9-24(10-11)16(25)23-13-5-3-2-4-12(13)17(18,19)20/h2-5,7-8,11H,6,9-10H2,1H3,(H,23,25). The number of amides is 2. The average molecular weight is 382 g/mol. The van der Waals surface area contributed by atoms with Crippen molar-refractivity contribution in [2.24, 2.45) is 0 Å². The number of carbonyl (C=O) groups is 1. The molecular formula is C17H17F3N4O3. The van der Waals surface area contributed by atoms with Gasteiger partial charge in [0.2, 0.25) is 0 Å². The molecule has 1 fully saturated rings. The average Bonchev–Trinajstić information content (AvgIpc) is 3.10. The number of urea groups is 1. The summed E-state index contributed by atoms with van der Waals surface area (Å²) in [4.78, 5) is 21.8. The van der Waals surface area contributed by atoms with Crippen molar-refractivity contribution in [1.29, 1.82) is 0 Å². The highest BCUT2D eigenvalue weighted by Crippen LogP contribution is 2.34. The van der Waals surface area contributed by atoms with E-state index >= 15 is 0 Å². The molecule has 0 spiro atoms. The highest BCUT2D eigenvalue weighted by Gasteiger charge is 2.35.